The van der Waals surface area contributed by atoms with Crippen LogP contribution in [-0.4, -0.2) is 16.1 Å². The van der Waals surface area contributed by atoms with Crippen molar-refractivity contribution in [3.05, 3.63) is 59.7 Å². The van der Waals surface area contributed by atoms with Gasteiger partial charge in [0.2, 0.25) is 0 Å². The van der Waals surface area contributed by atoms with Crippen LogP contribution in [0.25, 0.3) is 27.3 Å². The van der Waals surface area contributed by atoms with Crippen LogP contribution >= 0.6 is 11.3 Å². The largest absolute Gasteiger partial charge is 0.478 e. The van der Waals surface area contributed by atoms with E-state index in [0.29, 0.717) is 0 Å². The lowest BCUT2D eigenvalue weighted by Gasteiger charge is -2.03. The molecular formula is C16H11NO2S. The average Bonchev–Trinajstić information content (AvgIpc) is 2.93. The molecule has 4 heteroatoms. The number of nitrogens with zero attached hydrogens (tertiary/aromatic N) is 1. The van der Waals surface area contributed by atoms with Crippen molar-refractivity contribution in [1.29, 1.82) is 0 Å². The maximum absolute atomic E-state index is 10.5. The molecule has 0 aliphatic rings. The third-order valence-electron chi connectivity index (χ3n) is 2.96. The number of pyridine rings is 1. The van der Waals surface area contributed by atoms with Gasteiger partial charge in [0.05, 0.1) is 0 Å². The normalized spacial score (nSPS) is 11.2. The highest BCUT2D eigenvalue weighted by molar-refractivity contribution is 7.16. The van der Waals surface area contributed by atoms with Gasteiger partial charge in [-0.1, -0.05) is 18.2 Å². The van der Waals surface area contributed by atoms with E-state index in [2.05, 4.69) is 11.1 Å². The first-order valence-electron chi connectivity index (χ1n) is 6.08. The summed E-state index contributed by atoms with van der Waals surface area (Å²) in [5, 5.41) is 10.9. The molecule has 1 N–H and O–H groups in total. The third-order valence-corrected chi connectivity index (χ3v) is 4.05. The summed E-state index contributed by atoms with van der Waals surface area (Å²) in [7, 11) is 0. The maximum atomic E-state index is 10.5. The van der Waals surface area contributed by atoms with Crippen molar-refractivity contribution in [2.24, 2.45) is 0 Å². The monoisotopic (exact) mass is 281 g/mol. The smallest absolute Gasteiger partial charge is 0.328 e. The van der Waals surface area contributed by atoms with E-state index in [1.54, 1.807) is 23.6 Å². The molecule has 0 aliphatic carbocycles. The highest BCUT2D eigenvalue weighted by Gasteiger charge is 2.06. The molecule has 2 aromatic heterocycles. The Morgan fingerprint density at radius 3 is 2.95 bits per heavy atom. The van der Waals surface area contributed by atoms with E-state index in [4.69, 9.17) is 5.11 Å². The van der Waals surface area contributed by atoms with E-state index in [9.17, 15) is 4.79 Å². The molecule has 2 heterocycles. The minimum absolute atomic E-state index is 0.924. The molecule has 0 amide bonds. The second-order valence-corrected chi connectivity index (χ2v) is 5.39. The van der Waals surface area contributed by atoms with Crippen molar-refractivity contribution >= 4 is 34.2 Å². The molecule has 3 rings (SSSR count). The fourth-order valence-corrected chi connectivity index (χ4v) is 3.03. The van der Waals surface area contributed by atoms with Gasteiger partial charge < -0.3 is 5.11 Å². The Balaban J connectivity index is 2.06. The van der Waals surface area contributed by atoms with Crippen molar-refractivity contribution in [2.45, 2.75) is 0 Å². The Kier molecular flexibility index (Phi) is 3.31. The van der Waals surface area contributed by atoms with Crippen LogP contribution in [-0.2, 0) is 4.79 Å². The second-order valence-electron chi connectivity index (χ2n) is 4.28. The van der Waals surface area contributed by atoms with Crippen molar-refractivity contribution in [2.75, 3.05) is 0 Å². The maximum Gasteiger partial charge on any atom is 0.328 e. The van der Waals surface area contributed by atoms with Crippen LogP contribution in [0.1, 0.15) is 4.88 Å². The van der Waals surface area contributed by atoms with Crippen molar-refractivity contribution in [1.82, 2.24) is 4.98 Å². The molecular weight excluding hydrogens is 270 g/mol. The highest BCUT2D eigenvalue weighted by atomic mass is 32.1. The summed E-state index contributed by atoms with van der Waals surface area (Å²) in [4.78, 5) is 16.7. The predicted octanol–water partition coefficient (Wildman–Crippen LogP) is 4.06. The van der Waals surface area contributed by atoms with E-state index < -0.39 is 5.97 Å². The number of carboxylic acid groups (broad SMARTS) is 1. The van der Waals surface area contributed by atoms with Crippen LogP contribution in [0.2, 0.25) is 0 Å². The molecule has 20 heavy (non-hydrogen) atoms. The highest BCUT2D eigenvalue weighted by Crippen LogP contribution is 2.33. The first kappa shape index (κ1) is 12.6. The zero-order valence-corrected chi connectivity index (χ0v) is 11.3. The van der Waals surface area contributed by atoms with Gasteiger partial charge >= 0.3 is 5.97 Å². The number of rotatable bonds is 3. The molecule has 98 valence electrons. The summed E-state index contributed by atoms with van der Waals surface area (Å²) in [5.74, 6) is -0.934. The van der Waals surface area contributed by atoms with E-state index in [1.165, 1.54) is 0 Å². The van der Waals surface area contributed by atoms with Crippen LogP contribution < -0.4 is 0 Å². The van der Waals surface area contributed by atoms with E-state index in [-0.39, 0.29) is 0 Å². The number of thiophene rings is 1. The molecule has 0 radical (unpaired) electrons. The average molecular weight is 281 g/mol. The molecule has 0 spiro atoms. The fraction of sp³-hybridized carbons (Fsp3) is 0. The predicted molar refractivity (Wildman–Crippen MR) is 81.7 cm³/mol. The number of aromatic nitrogens is 1. The molecule has 0 bridgehead atoms. The van der Waals surface area contributed by atoms with E-state index in [1.807, 2.05) is 36.5 Å². The lowest BCUT2D eigenvalue weighted by atomic mass is 10.1. The topological polar surface area (TPSA) is 50.2 Å². The molecule has 0 saturated carbocycles. The minimum Gasteiger partial charge on any atom is -0.478 e. The van der Waals surface area contributed by atoms with Crippen molar-refractivity contribution < 1.29 is 9.90 Å². The van der Waals surface area contributed by atoms with Gasteiger partial charge in [-0.3, -0.25) is 4.98 Å². The summed E-state index contributed by atoms with van der Waals surface area (Å²) >= 11 is 1.57. The summed E-state index contributed by atoms with van der Waals surface area (Å²) in [5.41, 5.74) is 1.14. The Bertz CT molecular complexity index is 800. The van der Waals surface area contributed by atoms with Gasteiger partial charge in [0.25, 0.3) is 0 Å². The molecule has 0 saturated heterocycles. The molecule has 0 atom stereocenters. The van der Waals surface area contributed by atoms with Gasteiger partial charge in [-0.25, -0.2) is 4.79 Å². The van der Waals surface area contributed by atoms with Gasteiger partial charge in [-0.2, -0.15) is 0 Å². The minimum atomic E-state index is -0.934. The van der Waals surface area contributed by atoms with Crippen LogP contribution in [0.3, 0.4) is 0 Å². The van der Waals surface area contributed by atoms with Crippen LogP contribution in [0.5, 0.6) is 0 Å². The number of aliphatic carboxylic acids is 1. The number of hydrogen-bond donors (Lipinski definition) is 1. The lowest BCUT2D eigenvalue weighted by Crippen LogP contribution is -1.84. The third kappa shape index (κ3) is 2.46. The molecule has 3 nitrogen and oxygen atoms in total. The van der Waals surface area contributed by atoms with Crippen LogP contribution in [0, 0.1) is 0 Å². The van der Waals surface area contributed by atoms with Gasteiger partial charge in [0.1, 0.15) is 0 Å². The van der Waals surface area contributed by atoms with E-state index in [0.717, 1.165) is 32.2 Å². The second kappa shape index (κ2) is 5.27. The van der Waals surface area contributed by atoms with E-state index >= 15 is 0 Å². The Morgan fingerprint density at radius 2 is 2.10 bits per heavy atom. The Labute approximate surface area is 119 Å². The first-order valence-corrected chi connectivity index (χ1v) is 6.89. The fourth-order valence-electron chi connectivity index (χ4n) is 2.08. The van der Waals surface area contributed by atoms with Gasteiger partial charge in [-0.15, -0.1) is 11.3 Å². The number of hydrogen-bond acceptors (Lipinski definition) is 3. The zero-order chi connectivity index (χ0) is 13.9. The SMILES string of the molecule is O=C(O)/C=C/c1ccc(-c2cccc3cnccc23)s1. The molecule has 0 unspecified atom stereocenters. The number of carbonyl (C=O) groups is 1. The Hall–Kier alpha value is -2.46. The number of fused-ring (bicyclic) bond motifs is 1. The van der Waals surface area contributed by atoms with Gasteiger partial charge in [0.15, 0.2) is 0 Å². The Morgan fingerprint density at radius 1 is 1.20 bits per heavy atom. The number of carboxylic acids is 1. The molecule has 3 aromatic rings. The van der Waals surface area contributed by atoms with Crippen LogP contribution in [0.4, 0.5) is 0 Å². The lowest BCUT2D eigenvalue weighted by molar-refractivity contribution is -0.131. The quantitative estimate of drug-likeness (QED) is 0.736. The number of benzene rings is 1. The first-order chi connectivity index (χ1) is 9.74. The summed E-state index contributed by atoms with van der Waals surface area (Å²) in [6.45, 7) is 0. The molecule has 0 aliphatic heterocycles. The van der Waals surface area contributed by atoms with Crippen molar-refractivity contribution in [3.63, 3.8) is 0 Å². The van der Waals surface area contributed by atoms with Gasteiger partial charge in [-0.05, 0) is 35.2 Å². The zero-order valence-electron chi connectivity index (χ0n) is 10.5. The van der Waals surface area contributed by atoms with Gasteiger partial charge in [0, 0.05) is 33.6 Å². The molecule has 1 aromatic carbocycles. The van der Waals surface area contributed by atoms with Crippen LogP contribution in [0.15, 0.2) is 54.9 Å². The van der Waals surface area contributed by atoms with Crippen molar-refractivity contribution in [3.8, 4) is 10.4 Å². The molecule has 0 fully saturated rings. The standard InChI is InChI=1S/C16H11NO2S/c18-16(19)7-5-12-4-6-15(20-12)14-3-1-2-11-10-17-9-8-13(11)14/h1-10H,(H,18,19)/b7-5+. The summed E-state index contributed by atoms with van der Waals surface area (Å²) < 4.78 is 0. The summed E-state index contributed by atoms with van der Waals surface area (Å²) in [6.07, 6.45) is 6.40. The summed E-state index contributed by atoms with van der Waals surface area (Å²) in [6, 6.07) is 12.0.